The maximum absolute atomic E-state index is 14.4. The number of rotatable bonds is 40. The van der Waals surface area contributed by atoms with E-state index in [0.717, 1.165) is 23.4 Å². The van der Waals surface area contributed by atoms with Crippen molar-refractivity contribution >= 4 is 93.7 Å². The molecule has 0 spiro atoms. The third-order valence-corrected chi connectivity index (χ3v) is 15.8. The second kappa shape index (κ2) is 37.9. The number of nitrogens with zero attached hydrogens (tertiary/aromatic N) is 2. The minimum Gasteiger partial charge on any atom is -0.508 e. The maximum Gasteiger partial charge on any atom is 0.326 e. The summed E-state index contributed by atoms with van der Waals surface area (Å²) in [6.45, 7) is 6.63. The lowest BCUT2D eigenvalue weighted by Gasteiger charge is -2.30. The number of aliphatic imine (C=N–C) groups is 1. The van der Waals surface area contributed by atoms with Crippen molar-refractivity contribution < 1.29 is 73.2 Å². The maximum atomic E-state index is 14.4. The first-order valence-corrected chi connectivity index (χ1v) is 31.6. The van der Waals surface area contributed by atoms with Crippen molar-refractivity contribution in [2.24, 2.45) is 39.8 Å². The average Bonchev–Trinajstić information content (AvgIpc) is 2.02. The molecular formula is C60H89N17O15S. The number of carboxylic acids is 1. The van der Waals surface area contributed by atoms with Crippen molar-refractivity contribution in [1.29, 1.82) is 0 Å². The first-order chi connectivity index (χ1) is 44.1. The zero-order valence-corrected chi connectivity index (χ0v) is 53.5. The number of carbonyl (C=O) groups excluding carboxylic acids is 10. The number of fused-ring (bicyclic) bond motifs is 1. The lowest BCUT2D eigenvalue weighted by Crippen LogP contribution is -2.63. The SMILES string of the molecule is CC[C@H](C)[C@H](NC(=O)[C@H](CO)NC(=O)[C@H](CCC(N)=O)NC(=O)[C@@H](NC(=O)[C@H](Cc1cnc[nH]1)NC(=O)[C@@H](NC(=O)[C@H](Cc1ccc(O)cc1)NC(=O)[C@@H](N)Cc1c[nH]c2ccccc12)C(C)C)[C@@H](C)O)C(=O)N[C@@H](CCSC)C(=O)N[C@@H](CCCN=C(N)N)C(=O)O. The first-order valence-electron chi connectivity index (χ1n) is 30.2. The number of carbonyl (C=O) groups is 11. The van der Waals surface area contributed by atoms with Gasteiger partial charge in [0.2, 0.25) is 59.1 Å². The summed E-state index contributed by atoms with van der Waals surface area (Å²) in [5.41, 5.74) is 25.0. The molecule has 0 fully saturated rings. The zero-order chi connectivity index (χ0) is 69.1. The van der Waals surface area contributed by atoms with Gasteiger partial charge in [0.25, 0.3) is 0 Å². The van der Waals surface area contributed by atoms with Crippen LogP contribution in [0.3, 0.4) is 0 Å². The van der Waals surface area contributed by atoms with Crippen molar-refractivity contribution in [3.05, 3.63) is 84.1 Å². The molecule has 23 N–H and O–H groups in total. The summed E-state index contributed by atoms with van der Waals surface area (Å²) >= 11 is 1.34. The summed E-state index contributed by atoms with van der Waals surface area (Å²) in [4.78, 5) is 165. The molecule has 2 heterocycles. The number of imidazole rings is 1. The van der Waals surface area contributed by atoms with Gasteiger partial charge >= 0.3 is 5.97 Å². The highest BCUT2D eigenvalue weighted by atomic mass is 32.2. The number of benzene rings is 2. The molecule has 0 aliphatic rings. The zero-order valence-electron chi connectivity index (χ0n) is 52.7. The Morgan fingerprint density at radius 3 is 1.73 bits per heavy atom. The molecule has 4 rings (SSSR count). The Bertz CT molecular complexity index is 3200. The lowest BCUT2D eigenvalue weighted by molar-refractivity contribution is -0.142. The molecule has 510 valence electrons. The van der Waals surface area contributed by atoms with Gasteiger partial charge in [-0.15, -0.1) is 0 Å². The topological polar surface area (TPSA) is 538 Å². The van der Waals surface area contributed by atoms with Crippen LogP contribution in [0.4, 0.5) is 0 Å². The third-order valence-electron chi connectivity index (χ3n) is 15.1. The number of para-hydroxylation sites is 1. The number of aliphatic carboxylic acids is 1. The Morgan fingerprint density at radius 2 is 1.16 bits per heavy atom. The summed E-state index contributed by atoms with van der Waals surface area (Å²) in [6.07, 6.45) is 3.44. The van der Waals surface area contributed by atoms with E-state index < -0.39 is 163 Å². The summed E-state index contributed by atoms with van der Waals surface area (Å²) < 4.78 is 0. The van der Waals surface area contributed by atoms with E-state index in [2.05, 4.69) is 67.8 Å². The Morgan fingerprint density at radius 1 is 0.624 bits per heavy atom. The van der Waals surface area contributed by atoms with Crippen molar-refractivity contribution in [2.45, 2.75) is 159 Å². The van der Waals surface area contributed by atoms with Crippen molar-refractivity contribution in [3.63, 3.8) is 0 Å². The summed E-state index contributed by atoms with van der Waals surface area (Å²) in [6, 6.07) is -1.71. The average molecular weight is 1320 g/mol. The van der Waals surface area contributed by atoms with Gasteiger partial charge in [0.05, 0.1) is 25.1 Å². The van der Waals surface area contributed by atoms with E-state index in [0.29, 0.717) is 17.0 Å². The normalized spacial score (nSPS) is 15.1. The molecule has 93 heavy (non-hydrogen) atoms. The molecule has 0 saturated carbocycles. The van der Waals surface area contributed by atoms with Crippen LogP contribution in [0, 0.1) is 11.8 Å². The number of phenolic OH excluding ortho intramolecular Hbond substituents is 1. The van der Waals surface area contributed by atoms with Gasteiger partial charge in [-0.2, -0.15) is 11.8 Å². The standard InChI is InChI=1S/C60H89N17O15S/c1-7-31(4)48(57(89)70-41(20-22-93-6)52(84)71-42(59(91)92)13-10-21-66-60(63)64)76-55(87)45(28-78)74-51(83)40(18-19-46(62)81)69-58(90)49(32(5)79)77-54(86)44(25-35-27-65-29-68-35)73-56(88)47(30(2)3)75-53(85)43(23-33-14-16-36(80)17-15-33)72-50(82)38(61)24-34-26-67-39-12-9-8-11-37(34)39/h8-9,11-12,14-17,26-27,29-32,38,40-45,47-49,67,78-80H,7,10,13,18-25,28,61H2,1-6H3,(H2,62,81)(H,65,68)(H,69,90)(H,70,89)(H,71,84)(H,72,82)(H,73,88)(H,74,83)(H,75,85)(H,76,87)(H,77,86)(H,91,92)(H4,63,64,66)/t31-,32+,38-,40-,41-,42-,43-,44-,45-,47-,48-,49-/m0/s1. The van der Waals surface area contributed by atoms with E-state index in [1.807, 2.05) is 24.3 Å². The molecule has 4 aromatic rings. The predicted octanol–water partition coefficient (Wildman–Crippen LogP) is -3.45. The smallest absolute Gasteiger partial charge is 0.326 e. The number of thioether (sulfide) groups is 1. The first kappa shape index (κ1) is 76.1. The van der Waals surface area contributed by atoms with Gasteiger partial charge in [-0.3, -0.25) is 52.9 Å². The van der Waals surface area contributed by atoms with Crippen LogP contribution in [-0.2, 0) is 72.0 Å². The number of guanidine groups is 1. The number of nitrogens with one attached hydrogen (secondary N) is 11. The summed E-state index contributed by atoms with van der Waals surface area (Å²) in [7, 11) is 0. The number of aromatic hydroxyl groups is 1. The highest BCUT2D eigenvalue weighted by Crippen LogP contribution is 2.20. The number of H-pyrrole nitrogens is 2. The third kappa shape index (κ3) is 24.7. The van der Waals surface area contributed by atoms with Gasteiger partial charge in [-0.25, -0.2) is 9.78 Å². The molecule has 0 aliphatic carbocycles. The highest BCUT2D eigenvalue weighted by Gasteiger charge is 2.38. The van der Waals surface area contributed by atoms with Gasteiger partial charge in [0.1, 0.15) is 60.1 Å². The van der Waals surface area contributed by atoms with Crippen LogP contribution >= 0.6 is 11.8 Å². The van der Waals surface area contributed by atoms with Gasteiger partial charge in [-0.1, -0.05) is 64.4 Å². The molecule has 0 saturated heterocycles. The van der Waals surface area contributed by atoms with Gasteiger partial charge in [0.15, 0.2) is 5.96 Å². The minimum atomic E-state index is -1.91. The van der Waals surface area contributed by atoms with E-state index in [-0.39, 0.29) is 63.2 Å². The summed E-state index contributed by atoms with van der Waals surface area (Å²) in [5.74, 6) is -12.2. The molecule has 32 nitrogen and oxygen atoms in total. The second-order valence-electron chi connectivity index (χ2n) is 22.8. The largest absolute Gasteiger partial charge is 0.508 e. The molecule has 12 atom stereocenters. The number of carboxylic acid groups (broad SMARTS) is 1. The highest BCUT2D eigenvalue weighted by molar-refractivity contribution is 7.98. The minimum absolute atomic E-state index is 0.0389. The van der Waals surface area contributed by atoms with Crippen LogP contribution < -0.4 is 70.8 Å². The fourth-order valence-electron chi connectivity index (χ4n) is 9.56. The fourth-order valence-corrected chi connectivity index (χ4v) is 10.0. The number of aliphatic hydroxyl groups excluding tert-OH is 2. The van der Waals surface area contributed by atoms with Crippen LogP contribution in [0.15, 0.2) is 72.2 Å². The van der Waals surface area contributed by atoms with Gasteiger partial charge in [-0.05, 0) is 92.2 Å². The van der Waals surface area contributed by atoms with Crippen LogP contribution in [0.2, 0.25) is 0 Å². The quantitative estimate of drug-likeness (QED) is 0.0117. The molecule has 10 amide bonds. The number of aliphatic hydroxyl groups is 2. The predicted molar refractivity (Wildman–Crippen MR) is 343 cm³/mol. The number of phenols is 1. The van der Waals surface area contributed by atoms with E-state index in [1.54, 1.807) is 52.3 Å². The fraction of sp³-hybridized carbons (Fsp3) is 0.517. The van der Waals surface area contributed by atoms with Crippen LogP contribution in [0.1, 0.15) is 90.0 Å². The molecule has 0 radical (unpaired) electrons. The molecule has 33 heteroatoms. The van der Waals surface area contributed by atoms with E-state index >= 15 is 0 Å². The van der Waals surface area contributed by atoms with Crippen molar-refractivity contribution in [3.8, 4) is 5.75 Å². The molecule has 0 aliphatic heterocycles. The van der Waals surface area contributed by atoms with E-state index in [9.17, 15) is 73.2 Å². The number of primary amides is 1. The summed E-state index contributed by atoms with van der Waals surface area (Å²) in [5, 5.41) is 64.7. The Labute approximate surface area is 541 Å². The van der Waals surface area contributed by atoms with Crippen LogP contribution in [-0.4, -0.2) is 198 Å². The molecule has 0 bridgehead atoms. The number of hydrogen-bond donors (Lipinski definition) is 19. The van der Waals surface area contributed by atoms with Gasteiger partial charge < -0.3 is 101 Å². The van der Waals surface area contributed by atoms with Gasteiger partial charge in [0, 0.05) is 54.8 Å². The molecule has 0 unspecified atom stereocenters. The number of aromatic amines is 2. The van der Waals surface area contributed by atoms with Crippen LogP contribution in [0.25, 0.3) is 10.9 Å². The number of nitrogens with two attached hydrogens (primary N) is 4. The molecule has 2 aromatic carbocycles. The number of amides is 10. The lowest BCUT2D eigenvalue weighted by atomic mass is 9.97. The molecule has 2 aromatic heterocycles. The Kier molecular flexibility index (Phi) is 31.0. The Balaban J connectivity index is 1.52. The van der Waals surface area contributed by atoms with Crippen molar-refractivity contribution in [1.82, 2.24) is 62.8 Å². The second-order valence-corrected chi connectivity index (χ2v) is 23.8. The number of hydrogen-bond acceptors (Lipinski definition) is 18. The monoisotopic (exact) mass is 1320 g/mol. The van der Waals surface area contributed by atoms with E-state index in [1.165, 1.54) is 36.4 Å². The van der Waals surface area contributed by atoms with Crippen molar-refractivity contribution in [2.75, 3.05) is 25.2 Å². The Hall–Kier alpha value is -9.34. The van der Waals surface area contributed by atoms with E-state index in [4.69, 9.17) is 22.9 Å². The number of aromatic nitrogens is 3. The van der Waals surface area contributed by atoms with Crippen LogP contribution in [0.5, 0.6) is 5.75 Å². The molecular weight excluding hydrogens is 1230 g/mol.